The molecule has 0 aromatic rings. The first kappa shape index (κ1) is 8.97. The molecule has 1 N–H and O–H groups in total. The zero-order valence-electron chi connectivity index (χ0n) is 7.32. The number of aliphatic hydroxyl groups is 1. The van der Waals surface area contributed by atoms with E-state index in [2.05, 4.69) is 18.9 Å². The van der Waals surface area contributed by atoms with E-state index in [1.54, 1.807) is 0 Å². The van der Waals surface area contributed by atoms with Crippen LogP contribution in [0.4, 0.5) is 0 Å². The highest BCUT2D eigenvalue weighted by atomic mass is 16.3. The summed E-state index contributed by atoms with van der Waals surface area (Å²) < 4.78 is 0. The Labute approximate surface area is 68.6 Å². The molecule has 0 saturated carbocycles. The van der Waals surface area contributed by atoms with Crippen molar-refractivity contribution in [3.8, 4) is 0 Å². The van der Waals surface area contributed by atoms with E-state index in [4.69, 9.17) is 5.11 Å². The molecule has 1 heterocycles. The summed E-state index contributed by atoms with van der Waals surface area (Å²) in [7, 11) is 4.02. The number of hydrogen-bond acceptors (Lipinski definition) is 3. The van der Waals surface area contributed by atoms with Gasteiger partial charge in [0, 0.05) is 12.6 Å². The highest BCUT2D eigenvalue weighted by Gasteiger charge is 2.24. The topological polar surface area (TPSA) is 26.7 Å². The Hall–Kier alpha value is -0.120. The molecule has 1 fully saturated rings. The van der Waals surface area contributed by atoms with Gasteiger partial charge in [0.15, 0.2) is 0 Å². The van der Waals surface area contributed by atoms with Crippen LogP contribution in [0.3, 0.4) is 0 Å². The zero-order chi connectivity index (χ0) is 8.43. The molecule has 65 valence electrons. The molecule has 3 nitrogen and oxygen atoms in total. The van der Waals surface area contributed by atoms with E-state index in [9.17, 15) is 0 Å². The van der Waals surface area contributed by atoms with Crippen molar-refractivity contribution >= 4 is 0 Å². The normalized spacial score (nSPS) is 29.7. The summed E-state index contributed by atoms with van der Waals surface area (Å²) in [5, 5.41) is 9.16. The van der Waals surface area contributed by atoms with Gasteiger partial charge in [-0.2, -0.15) is 0 Å². The first-order valence-electron chi connectivity index (χ1n) is 4.03. The summed E-state index contributed by atoms with van der Waals surface area (Å²) in [6, 6.07) is 0.479. The molecule has 3 heteroatoms. The van der Waals surface area contributed by atoms with Gasteiger partial charge in [0.1, 0.15) is 6.23 Å². The van der Waals surface area contributed by atoms with Crippen LogP contribution in [0.15, 0.2) is 0 Å². The molecule has 1 rings (SSSR count). The van der Waals surface area contributed by atoms with Crippen molar-refractivity contribution in [3.63, 3.8) is 0 Å². The van der Waals surface area contributed by atoms with Gasteiger partial charge in [-0.05, 0) is 34.0 Å². The Balaban J connectivity index is 2.36. The number of hydrogen-bond donors (Lipinski definition) is 1. The SMILES string of the molecule is [CH2]C(O)N(C)C1CCN(C)C1. The van der Waals surface area contributed by atoms with Crippen LogP contribution in [0.1, 0.15) is 6.42 Å². The molecule has 0 aliphatic carbocycles. The summed E-state index contributed by atoms with van der Waals surface area (Å²) in [5.41, 5.74) is 0. The van der Waals surface area contributed by atoms with E-state index in [1.807, 2.05) is 11.9 Å². The van der Waals surface area contributed by atoms with E-state index in [0.717, 1.165) is 19.5 Å². The van der Waals surface area contributed by atoms with Gasteiger partial charge >= 0.3 is 0 Å². The lowest BCUT2D eigenvalue weighted by molar-refractivity contribution is 0.0315. The fourth-order valence-corrected chi connectivity index (χ4v) is 1.49. The largest absolute Gasteiger partial charge is 0.378 e. The Morgan fingerprint density at radius 3 is 2.73 bits per heavy atom. The summed E-state index contributed by atoms with van der Waals surface area (Å²) >= 11 is 0. The van der Waals surface area contributed by atoms with Gasteiger partial charge in [-0.3, -0.25) is 4.90 Å². The minimum Gasteiger partial charge on any atom is -0.378 e. The number of nitrogens with zero attached hydrogens (tertiary/aromatic N) is 2. The van der Waals surface area contributed by atoms with Crippen LogP contribution in [0, 0.1) is 6.92 Å². The first-order chi connectivity index (χ1) is 5.11. The molecule has 1 saturated heterocycles. The third kappa shape index (κ3) is 2.15. The smallest absolute Gasteiger partial charge is 0.107 e. The Bertz CT molecular complexity index is 127. The zero-order valence-corrected chi connectivity index (χ0v) is 7.32. The summed E-state index contributed by atoms with van der Waals surface area (Å²) in [6.07, 6.45) is 0.575. The highest BCUT2D eigenvalue weighted by Crippen LogP contribution is 2.13. The predicted molar refractivity (Wildman–Crippen MR) is 45.0 cm³/mol. The molecule has 0 bridgehead atoms. The van der Waals surface area contributed by atoms with Gasteiger partial charge in [-0.15, -0.1) is 0 Å². The lowest BCUT2D eigenvalue weighted by atomic mass is 10.2. The molecule has 0 amide bonds. The third-order valence-electron chi connectivity index (χ3n) is 2.41. The van der Waals surface area contributed by atoms with E-state index >= 15 is 0 Å². The van der Waals surface area contributed by atoms with Gasteiger partial charge in [0.2, 0.25) is 0 Å². The van der Waals surface area contributed by atoms with Crippen LogP contribution in [0.25, 0.3) is 0 Å². The van der Waals surface area contributed by atoms with Gasteiger partial charge in [-0.25, -0.2) is 0 Å². The van der Waals surface area contributed by atoms with Gasteiger partial charge in [0.05, 0.1) is 0 Å². The van der Waals surface area contributed by atoms with Crippen molar-refractivity contribution in [2.24, 2.45) is 0 Å². The van der Waals surface area contributed by atoms with Crippen LogP contribution < -0.4 is 0 Å². The maximum atomic E-state index is 9.16. The van der Waals surface area contributed by atoms with E-state index in [-0.39, 0.29) is 0 Å². The molecular weight excluding hydrogens is 140 g/mol. The molecule has 2 atom stereocenters. The molecule has 1 aliphatic heterocycles. The Morgan fingerprint density at radius 1 is 1.73 bits per heavy atom. The molecule has 2 unspecified atom stereocenters. The maximum Gasteiger partial charge on any atom is 0.107 e. The Morgan fingerprint density at radius 2 is 2.36 bits per heavy atom. The van der Waals surface area contributed by atoms with Crippen molar-refractivity contribution < 1.29 is 5.11 Å². The lowest BCUT2D eigenvalue weighted by Crippen LogP contribution is -2.40. The molecule has 11 heavy (non-hydrogen) atoms. The monoisotopic (exact) mass is 157 g/mol. The van der Waals surface area contributed by atoms with Crippen LogP contribution >= 0.6 is 0 Å². The fourth-order valence-electron chi connectivity index (χ4n) is 1.49. The van der Waals surface area contributed by atoms with Gasteiger partial charge < -0.3 is 10.0 Å². The second-order valence-electron chi connectivity index (χ2n) is 3.35. The summed E-state index contributed by atoms with van der Waals surface area (Å²) in [4.78, 5) is 4.19. The van der Waals surface area contributed by atoms with E-state index < -0.39 is 6.23 Å². The first-order valence-corrected chi connectivity index (χ1v) is 4.03. The van der Waals surface area contributed by atoms with Crippen LogP contribution in [0.5, 0.6) is 0 Å². The average Bonchev–Trinajstić information content (AvgIpc) is 2.34. The maximum absolute atomic E-state index is 9.16. The molecular formula is C8H17N2O. The number of likely N-dealkylation sites (N-methyl/N-ethyl adjacent to an activating group) is 2. The quantitative estimate of drug-likeness (QED) is 0.561. The number of rotatable bonds is 2. The van der Waals surface area contributed by atoms with Gasteiger partial charge in [0.25, 0.3) is 0 Å². The van der Waals surface area contributed by atoms with Crippen molar-refractivity contribution in [1.82, 2.24) is 9.80 Å². The van der Waals surface area contributed by atoms with Crippen molar-refractivity contribution in [1.29, 1.82) is 0 Å². The minimum atomic E-state index is -0.563. The van der Waals surface area contributed by atoms with Crippen LogP contribution in [-0.4, -0.2) is 54.4 Å². The van der Waals surface area contributed by atoms with Crippen LogP contribution in [-0.2, 0) is 0 Å². The highest BCUT2D eigenvalue weighted by molar-refractivity contribution is 4.81. The van der Waals surface area contributed by atoms with E-state index in [0.29, 0.717) is 6.04 Å². The molecule has 0 aromatic carbocycles. The van der Waals surface area contributed by atoms with Gasteiger partial charge in [-0.1, -0.05) is 0 Å². The standard InChI is InChI=1S/C8H17N2O/c1-7(11)10(3)8-4-5-9(2)6-8/h7-8,11H,1,4-6H2,2-3H3. The van der Waals surface area contributed by atoms with Crippen molar-refractivity contribution in [3.05, 3.63) is 6.92 Å². The molecule has 0 aromatic heterocycles. The van der Waals surface area contributed by atoms with Crippen molar-refractivity contribution in [2.45, 2.75) is 18.7 Å². The third-order valence-corrected chi connectivity index (χ3v) is 2.41. The predicted octanol–water partition coefficient (Wildman–Crippen LogP) is -0.225. The summed E-state index contributed by atoms with van der Waals surface area (Å²) in [5.74, 6) is 0. The lowest BCUT2D eigenvalue weighted by Gasteiger charge is -2.26. The Kier molecular flexibility index (Phi) is 2.87. The molecule has 1 radical (unpaired) electrons. The summed E-state index contributed by atoms with van der Waals surface area (Å²) in [6.45, 7) is 5.74. The second-order valence-corrected chi connectivity index (χ2v) is 3.35. The number of aliphatic hydroxyl groups excluding tert-OH is 1. The van der Waals surface area contributed by atoms with E-state index in [1.165, 1.54) is 0 Å². The second kappa shape index (κ2) is 3.52. The molecule has 0 spiro atoms. The number of likely N-dealkylation sites (tertiary alicyclic amines) is 1. The van der Waals surface area contributed by atoms with Crippen LogP contribution in [0.2, 0.25) is 0 Å². The molecule has 1 aliphatic rings. The fraction of sp³-hybridized carbons (Fsp3) is 0.875. The minimum absolute atomic E-state index is 0.479. The average molecular weight is 157 g/mol. The van der Waals surface area contributed by atoms with Crippen molar-refractivity contribution in [2.75, 3.05) is 27.2 Å².